The molecule has 0 radical (unpaired) electrons. The Kier molecular flexibility index (Phi) is 8.35. The van der Waals surface area contributed by atoms with Crippen molar-refractivity contribution in [2.45, 2.75) is 13.3 Å². The van der Waals surface area contributed by atoms with Gasteiger partial charge in [-0.3, -0.25) is 14.9 Å². The molecule has 3 aromatic carbocycles. The van der Waals surface area contributed by atoms with E-state index in [2.05, 4.69) is 33.2 Å². The minimum atomic E-state index is -0.287. The number of rotatable bonds is 6. The van der Waals surface area contributed by atoms with Crippen molar-refractivity contribution in [3.8, 4) is 0 Å². The lowest BCUT2D eigenvalue weighted by molar-refractivity contribution is 0.0952. The number of carbonyl (C=O) groups is 2. The number of benzene rings is 3. The largest absolute Gasteiger partial charge is 0.352 e. The second kappa shape index (κ2) is 11.2. The van der Waals surface area contributed by atoms with Crippen LogP contribution in [-0.2, 0) is 6.42 Å². The normalized spacial score (nSPS) is 10.3. The van der Waals surface area contributed by atoms with Crippen LogP contribution in [0.5, 0.6) is 0 Å². The quantitative estimate of drug-likeness (QED) is 0.340. The number of aryl methyl sites for hydroxylation is 1. The summed E-state index contributed by atoms with van der Waals surface area (Å²) in [5.74, 6) is -0.477. The van der Waals surface area contributed by atoms with Gasteiger partial charge in [-0.25, -0.2) is 0 Å². The first kappa shape index (κ1) is 23.9. The Morgan fingerprint density at radius 2 is 1.66 bits per heavy atom. The van der Waals surface area contributed by atoms with E-state index in [9.17, 15) is 9.59 Å². The molecule has 0 aromatic heterocycles. The number of nitrogens with zero attached hydrogens (tertiary/aromatic N) is 1. The Morgan fingerprint density at radius 3 is 2.38 bits per heavy atom. The fourth-order valence-electron chi connectivity index (χ4n) is 3.12. The smallest absolute Gasteiger partial charge is 0.257 e. The Bertz CT molecular complexity index is 1140. The first-order valence-corrected chi connectivity index (χ1v) is 11.6. The van der Waals surface area contributed by atoms with E-state index in [0.29, 0.717) is 23.4 Å². The van der Waals surface area contributed by atoms with Gasteiger partial charge in [0.1, 0.15) is 0 Å². The van der Waals surface area contributed by atoms with Crippen molar-refractivity contribution in [1.82, 2.24) is 10.6 Å². The van der Waals surface area contributed by atoms with Crippen LogP contribution in [0.25, 0.3) is 0 Å². The molecule has 0 fully saturated rings. The summed E-state index contributed by atoms with van der Waals surface area (Å²) < 4.78 is 1.01. The van der Waals surface area contributed by atoms with Crippen molar-refractivity contribution in [3.63, 3.8) is 0 Å². The van der Waals surface area contributed by atoms with Gasteiger partial charge in [0.15, 0.2) is 5.11 Å². The summed E-state index contributed by atoms with van der Waals surface area (Å²) >= 11 is 7.65. The number of carbonyl (C=O) groups excluding carboxylic acids is 2. The fraction of sp³-hybridized carbons (Fsp3) is 0.160. The molecular weight excluding hydrogens is 533 g/mol. The highest BCUT2D eigenvalue weighted by Crippen LogP contribution is 2.20. The third-order valence-corrected chi connectivity index (χ3v) is 6.55. The standard InChI is InChI=1S/C25H24IN3O2S/c1-17-12-13-19(16-21(17)26)23(30)28-25(32)29(2)22-11-7-6-10-20(22)24(31)27-15-14-18-8-4-3-5-9-18/h3-13,16H,14-15H2,1-2H3,(H,27,31)(H,28,30,32). The molecule has 0 spiro atoms. The zero-order chi connectivity index (χ0) is 23.1. The van der Waals surface area contributed by atoms with E-state index < -0.39 is 0 Å². The number of para-hydroxylation sites is 1. The molecule has 32 heavy (non-hydrogen) atoms. The van der Waals surface area contributed by atoms with Crippen molar-refractivity contribution in [3.05, 3.63) is 98.6 Å². The molecule has 2 amide bonds. The molecule has 0 unspecified atom stereocenters. The monoisotopic (exact) mass is 557 g/mol. The molecule has 3 aromatic rings. The molecule has 2 N–H and O–H groups in total. The summed E-state index contributed by atoms with van der Waals surface area (Å²) in [5, 5.41) is 5.94. The number of amides is 2. The Balaban J connectivity index is 1.66. The number of hydrogen-bond acceptors (Lipinski definition) is 3. The van der Waals surface area contributed by atoms with Crippen LogP contribution in [0.1, 0.15) is 31.8 Å². The van der Waals surface area contributed by atoms with Gasteiger partial charge in [0, 0.05) is 22.7 Å². The minimum absolute atomic E-state index is 0.189. The maximum absolute atomic E-state index is 12.8. The van der Waals surface area contributed by atoms with E-state index >= 15 is 0 Å². The minimum Gasteiger partial charge on any atom is -0.352 e. The second-order valence-corrected chi connectivity index (χ2v) is 8.84. The van der Waals surface area contributed by atoms with Crippen molar-refractivity contribution in [1.29, 1.82) is 0 Å². The predicted octanol–water partition coefficient (Wildman–Crippen LogP) is 4.72. The van der Waals surface area contributed by atoms with E-state index in [0.717, 1.165) is 21.1 Å². The van der Waals surface area contributed by atoms with Crippen molar-refractivity contribution < 1.29 is 9.59 Å². The Morgan fingerprint density at radius 1 is 0.969 bits per heavy atom. The lowest BCUT2D eigenvalue weighted by atomic mass is 10.1. The van der Waals surface area contributed by atoms with E-state index in [1.54, 1.807) is 36.2 Å². The summed E-state index contributed by atoms with van der Waals surface area (Å²) in [6, 6.07) is 22.7. The molecule has 0 aliphatic carbocycles. The van der Waals surface area contributed by atoms with E-state index in [1.807, 2.05) is 55.5 Å². The average Bonchev–Trinajstić information content (AvgIpc) is 2.80. The molecule has 0 aliphatic rings. The molecule has 0 aliphatic heterocycles. The first-order valence-electron chi connectivity index (χ1n) is 10.1. The highest BCUT2D eigenvalue weighted by atomic mass is 127. The van der Waals surface area contributed by atoms with Crippen LogP contribution in [0.4, 0.5) is 5.69 Å². The van der Waals surface area contributed by atoms with Gasteiger partial charge in [-0.15, -0.1) is 0 Å². The number of thiocarbonyl (C=S) groups is 1. The molecular formula is C25H24IN3O2S. The SMILES string of the molecule is Cc1ccc(C(=O)NC(=S)N(C)c2ccccc2C(=O)NCCc2ccccc2)cc1I. The van der Waals surface area contributed by atoms with Gasteiger partial charge >= 0.3 is 0 Å². The summed E-state index contributed by atoms with van der Waals surface area (Å²) in [7, 11) is 1.73. The van der Waals surface area contributed by atoms with Gasteiger partial charge in [0.25, 0.3) is 11.8 Å². The lowest BCUT2D eigenvalue weighted by Gasteiger charge is -2.23. The molecule has 7 heteroatoms. The second-order valence-electron chi connectivity index (χ2n) is 7.29. The maximum atomic E-state index is 12.8. The topological polar surface area (TPSA) is 61.4 Å². The van der Waals surface area contributed by atoms with Crippen LogP contribution in [0.15, 0.2) is 72.8 Å². The van der Waals surface area contributed by atoms with Gasteiger partial charge in [-0.1, -0.05) is 48.5 Å². The lowest BCUT2D eigenvalue weighted by Crippen LogP contribution is -2.41. The number of halogens is 1. The first-order chi connectivity index (χ1) is 15.4. The zero-order valence-corrected chi connectivity index (χ0v) is 20.9. The molecule has 3 rings (SSSR count). The number of hydrogen-bond donors (Lipinski definition) is 2. The highest BCUT2D eigenvalue weighted by Gasteiger charge is 2.18. The third kappa shape index (κ3) is 6.14. The molecule has 0 atom stereocenters. The zero-order valence-electron chi connectivity index (χ0n) is 17.9. The van der Waals surface area contributed by atoms with Crippen LogP contribution in [0, 0.1) is 10.5 Å². The van der Waals surface area contributed by atoms with Crippen molar-refractivity contribution >= 4 is 57.4 Å². The van der Waals surface area contributed by atoms with Gasteiger partial charge < -0.3 is 10.2 Å². The van der Waals surface area contributed by atoms with Crippen LogP contribution < -0.4 is 15.5 Å². The van der Waals surface area contributed by atoms with Crippen molar-refractivity contribution in [2.75, 3.05) is 18.5 Å². The van der Waals surface area contributed by atoms with Crippen LogP contribution in [-0.4, -0.2) is 30.5 Å². The fourth-order valence-corrected chi connectivity index (χ4v) is 3.82. The molecule has 0 heterocycles. The maximum Gasteiger partial charge on any atom is 0.257 e. The highest BCUT2D eigenvalue weighted by molar-refractivity contribution is 14.1. The summed E-state index contributed by atoms with van der Waals surface area (Å²) in [4.78, 5) is 27.1. The molecule has 0 bridgehead atoms. The van der Waals surface area contributed by atoms with Crippen LogP contribution >= 0.6 is 34.8 Å². The molecule has 164 valence electrons. The number of nitrogens with one attached hydrogen (secondary N) is 2. The third-order valence-electron chi connectivity index (χ3n) is 5.01. The summed E-state index contributed by atoms with van der Waals surface area (Å²) in [6.07, 6.45) is 0.744. The van der Waals surface area contributed by atoms with Gasteiger partial charge in [0.05, 0.1) is 11.3 Å². The van der Waals surface area contributed by atoms with Gasteiger partial charge in [-0.2, -0.15) is 0 Å². The Hall–Kier alpha value is -2.78. The molecule has 5 nitrogen and oxygen atoms in total. The van der Waals surface area contributed by atoms with Crippen LogP contribution in [0.2, 0.25) is 0 Å². The summed E-state index contributed by atoms with van der Waals surface area (Å²) in [5.41, 5.74) is 3.91. The summed E-state index contributed by atoms with van der Waals surface area (Å²) in [6.45, 7) is 2.51. The van der Waals surface area contributed by atoms with E-state index in [4.69, 9.17) is 12.2 Å². The molecule has 0 saturated heterocycles. The van der Waals surface area contributed by atoms with Crippen molar-refractivity contribution in [2.24, 2.45) is 0 Å². The average molecular weight is 557 g/mol. The number of anilines is 1. The van der Waals surface area contributed by atoms with Crippen LogP contribution in [0.3, 0.4) is 0 Å². The van der Waals surface area contributed by atoms with Gasteiger partial charge in [-0.05, 0) is 83.5 Å². The predicted molar refractivity (Wildman–Crippen MR) is 141 cm³/mol. The molecule has 0 saturated carbocycles. The van der Waals surface area contributed by atoms with E-state index in [1.165, 1.54) is 0 Å². The van der Waals surface area contributed by atoms with Gasteiger partial charge in [0.2, 0.25) is 0 Å². The Labute approximate surface area is 207 Å². The van der Waals surface area contributed by atoms with E-state index in [-0.39, 0.29) is 16.9 Å².